The van der Waals surface area contributed by atoms with Crippen molar-refractivity contribution in [2.24, 2.45) is 5.73 Å². The summed E-state index contributed by atoms with van der Waals surface area (Å²) in [6.07, 6.45) is 2.97. The Labute approximate surface area is 162 Å². The minimum Gasteiger partial charge on any atom is -0.463 e. The number of nitrogens with one attached hydrogen (secondary N) is 1. The fourth-order valence-corrected chi connectivity index (χ4v) is 2.40. The van der Waals surface area contributed by atoms with Crippen molar-refractivity contribution in [1.29, 1.82) is 0 Å². The first-order valence-electron chi connectivity index (χ1n) is 8.84. The van der Waals surface area contributed by atoms with Gasteiger partial charge in [0.15, 0.2) is 5.69 Å². The van der Waals surface area contributed by atoms with E-state index in [0.717, 1.165) is 5.69 Å². The lowest BCUT2D eigenvalue weighted by molar-refractivity contribution is -0.137. The number of carbonyl (C=O) groups is 3. The molecule has 0 saturated heterocycles. The topological polar surface area (TPSA) is 129 Å². The molecule has 1 aromatic carbocycles. The van der Waals surface area contributed by atoms with E-state index in [1.54, 1.807) is 13.8 Å². The molecule has 0 aliphatic heterocycles. The zero-order valence-corrected chi connectivity index (χ0v) is 15.8. The first kappa shape index (κ1) is 20.8. The Kier molecular flexibility index (Phi) is 7.44. The van der Waals surface area contributed by atoms with E-state index in [0.29, 0.717) is 5.69 Å². The number of hydrogen-bond acceptors (Lipinski definition) is 6. The van der Waals surface area contributed by atoms with Crippen LogP contribution in [0, 0.1) is 6.92 Å². The number of hydrogen-bond donors (Lipinski definition) is 2. The summed E-state index contributed by atoms with van der Waals surface area (Å²) in [5, 5.41) is 11.2. The van der Waals surface area contributed by atoms with Crippen LogP contribution in [0.3, 0.4) is 0 Å². The van der Waals surface area contributed by atoms with Gasteiger partial charge >= 0.3 is 5.97 Å². The monoisotopic (exact) mass is 385 g/mol. The van der Waals surface area contributed by atoms with E-state index >= 15 is 0 Å². The molecule has 3 N–H and O–H groups in total. The van der Waals surface area contributed by atoms with Crippen LogP contribution in [0.2, 0.25) is 0 Å². The Morgan fingerprint density at radius 1 is 1.25 bits per heavy atom. The molecule has 148 valence electrons. The van der Waals surface area contributed by atoms with Gasteiger partial charge in [0.1, 0.15) is 0 Å². The van der Waals surface area contributed by atoms with Gasteiger partial charge in [0.05, 0.1) is 18.0 Å². The highest BCUT2D eigenvalue weighted by atomic mass is 16.5. The number of para-hydroxylation sites is 1. The highest BCUT2D eigenvalue weighted by Crippen LogP contribution is 2.09. The van der Waals surface area contributed by atoms with Crippen molar-refractivity contribution in [2.75, 3.05) is 6.61 Å². The third-order valence-corrected chi connectivity index (χ3v) is 3.75. The normalized spacial score (nSPS) is 11.9. The zero-order chi connectivity index (χ0) is 20.5. The van der Waals surface area contributed by atoms with Crippen LogP contribution in [0.5, 0.6) is 0 Å². The van der Waals surface area contributed by atoms with Gasteiger partial charge in [-0.25, -0.2) is 4.79 Å². The Morgan fingerprint density at radius 2 is 1.96 bits per heavy atom. The first-order valence-corrected chi connectivity index (χ1v) is 8.84. The van der Waals surface area contributed by atoms with Crippen molar-refractivity contribution in [1.82, 2.24) is 20.3 Å². The summed E-state index contributed by atoms with van der Waals surface area (Å²) in [5.41, 5.74) is 6.50. The van der Waals surface area contributed by atoms with E-state index in [4.69, 9.17) is 10.5 Å². The van der Waals surface area contributed by atoms with Crippen LogP contribution in [-0.2, 0) is 14.3 Å². The van der Waals surface area contributed by atoms with Gasteiger partial charge in [-0.2, -0.15) is 9.90 Å². The summed E-state index contributed by atoms with van der Waals surface area (Å²) in [5.74, 6) is -1.51. The number of nitrogens with two attached hydrogens (primary N) is 1. The summed E-state index contributed by atoms with van der Waals surface area (Å²) in [6.45, 7) is 3.61. The van der Waals surface area contributed by atoms with Gasteiger partial charge < -0.3 is 15.8 Å². The third kappa shape index (κ3) is 6.04. The van der Waals surface area contributed by atoms with Gasteiger partial charge in [0, 0.05) is 18.5 Å². The van der Waals surface area contributed by atoms with Crippen molar-refractivity contribution >= 4 is 17.8 Å². The largest absolute Gasteiger partial charge is 0.463 e. The molecule has 2 amide bonds. The first-order chi connectivity index (χ1) is 13.4. The maximum Gasteiger partial charge on any atom is 0.330 e. The minimum atomic E-state index is -0.592. The molecule has 0 radical (unpaired) electrons. The van der Waals surface area contributed by atoms with E-state index in [-0.39, 0.29) is 25.1 Å². The lowest BCUT2D eigenvalue weighted by atomic mass is 10.1. The molecule has 0 fully saturated rings. The average Bonchev–Trinajstić information content (AvgIpc) is 3.06. The molecule has 0 unspecified atom stereocenters. The summed E-state index contributed by atoms with van der Waals surface area (Å²) in [6, 6.07) is 8.59. The number of nitrogens with zero attached hydrogens (tertiary/aromatic N) is 3. The van der Waals surface area contributed by atoms with Crippen molar-refractivity contribution in [3.8, 4) is 5.69 Å². The lowest BCUT2D eigenvalue weighted by Gasteiger charge is -2.13. The smallest absolute Gasteiger partial charge is 0.330 e. The fourth-order valence-electron chi connectivity index (χ4n) is 2.40. The maximum atomic E-state index is 12.6. The molecular formula is C19H23N5O4. The Balaban J connectivity index is 2.14. The molecule has 0 bridgehead atoms. The number of rotatable bonds is 9. The van der Waals surface area contributed by atoms with E-state index in [9.17, 15) is 14.4 Å². The van der Waals surface area contributed by atoms with Gasteiger partial charge in [0.2, 0.25) is 5.91 Å². The second kappa shape index (κ2) is 10.0. The molecule has 2 rings (SSSR count). The highest BCUT2D eigenvalue weighted by molar-refractivity contribution is 5.93. The van der Waals surface area contributed by atoms with Crippen molar-refractivity contribution < 1.29 is 19.1 Å². The van der Waals surface area contributed by atoms with Gasteiger partial charge in [-0.05, 0) is 32.4 Å². The minimum absolute atomic E-state index is 0.0494. The average molecular weight is 385 g/mol. The summed E-state index contributed by atoms with van der Waals surface area (Å²) in [4.78, 5) is 36.6. The molecule has 0 spiro atoms. The quantitative estimate of drug-likeness (QED) is 0.490. The van der Waals surface area contributed by atoms with E-state index < -0.39 is 23.8 Å². The molecule has 1 aromatic heterocycles. The van der Waals surface area contributed by atoms with Crippen LogP contribution in [-0.4, -0.2) is 45.4 Å². The van der Waals surface area contributed by atoms with E-state index in [1.165, 1.54) is 16.9 Å². The predicted molar refractivity (Wildman–Crippen MR) is 102 cm³/mol. The number of esters is 1. The summed E-state index contributed by atoms with van der Waals surface area (Å²) in [7, 11) is 0. The number of ether oxygens (including phenoxy) is 1. The van der Waals surface area contributed by atoms with Gasteiger partial charge in [-0.3, -0.25) is 9.59 Å². The van der Waals surface area contributed by atoms with Crippen LogP contribution in [0.1, 0.15) is 35.9 Å². The summed E-state index contributed by atoms with van der Waals surface area (Å²) < 4.78 is 4.82. The Morgan fingerprint density at radius 3 is 2.61 bits per heavy atom. The van der Waals surface area contributed by atoms with Crippen molar-refractivity contribution in [3.63, 3.8) is 0 Å². The fraction of sp³-hybridized carbons (Fsp3) is 0.316. The highest BCUT2D eigenvalue weighted by Gasteiger charge is 2.19. The predicted octanol–water partition coefficient (Wildman–Crippen LogP) is 1.06. The Bertz CT molecular complexity index is 860. The van der Waals surface area contributed by atoms with Gasteiger partial charge in [0.25, 0.3) is 5.91 Å². The molecule has 1 atom stereocenters. The van der Waals surface area contributed by atoms with Gasteiger partial charge in [-0.1, -0.05) is 24.3 Å². The summed E-state index contributed by atoms with van der Waals surface area (Å²) >= 11 is 0. The Hall–Kier alpha value is -3.49. The number of benzene rings is 1. The van der Waals surface area contributed by atoms with Crippen LogP contribution < -0.4 is 11.1 Å². The number of primary amides is 1. The van der Waals surface area contributed by atoms with Crippen LogP contribution >= 0.6 is 0 Å². The third-order valence-electron chi connectivity index (χ3n) is 3.75. The van der Waals surface area contributed by atoms with Crippen molar-refractivity contribution in [3.05, 3.63) is 53.9 Å². The lowest BCUT2D eigenvalue weighted by Crippen LogP contribution is -2.35. The molecule has 9 heteroatoms. The number of carbonyl (C=O) groups excluding carboxylic acids is 3. The van der Waals surface area contributed by atoms with E-state index in [1.807, 2.05) is 30.3 Å². The molecular weight excluding hydrogens is 362 g/mol. The molecule has 1 heterocycles. The molecule has 0 saturated carbocycles. The molecule has 0 aliphatic rings. The van der Waals surface area contributed by atoms with Crippen LogP contribution in [0.25, 0.3) is 5.69 Å². The van der Waals surface area contributed by atoms with Crippen LogP contribution in [0.4, 0.5) is 0 Å². The number of amides is 2. The molecule has 28 heavy (non-hydrogen) atoms. The van der Waals surface area contributed by atoms with Gasteiger partial charge in [-0.15, -0.1) is 5.10 Å². The number of aryl methyl sites for hydroxylation is 1. The molecule has 9 nitrogen and oxygen atoms in total. The zero-order valence-electron chi connectivity index (χ0n) is 15.8. The maximum absolute atomic E-state index is 12.6. The van der Waals surface area contributed by atoms with Crippen LogP contribution in [0.15, 0.2) is 42.5 Å². The van der Waals surface area contributed by atoms with Crippen molar-refractivity contribution in [2.45, 2.75) is 32.7 Å². The second-order valence-electron chi connectivity index (χ2n) is 5.96. The standard InChI is InChI=1S/C19H23N5O4/c1-3-28-17(26)12-10-14(9-11-16(20)25)21-19(27)18-13(2)22-24(23-18)15-7-5-4-6-8-15/h4-8,10,12,14H,3,9,11H2,1-2H3,(H2,20,25)(H,21,27)/t14-/m0/s1. The number of aromatic nitrogens is 3. The molecule has 2 aromatic rings. The van der Waals surface area contributed by atoms with E-state index in [2.05, 4.69) is 15.5 Å². The SMILES string of the molecule is CCOC(=O)C=C[C@H](CCC(N)=O)NC(=O)c1nn(-c2ccccc2)nc1C. The second-order valence-corrected chi connectivity index (χ2v) is 5.96. The molecule has 0 aliphatic carbocycles.